The molecule has 0 aromatic heterocycles. The lowest BCUT2D eigenvalue weighted by Gasteiger charge is -2.21. The second kappa shape index (κ2) is 70.1. The highest BCUT2D eigenvalue weighted by molar-refractivity contribution is 7.47. The van der Waals surface area contributed by atoms with Crippen LogP contribution in [0.1, 0.15) is 303 Å². The maximum Gasteiger partial charge on any atom is 0.472 e. The Kier molecular flexibility index (Phi) is 67.3. The molecule has 16 nitrogen and oxygen atoms in total. The van der Waals surface area contributed by atoms with E-state index >= 15 is 0 Å². The summed E-state index contributed by atoms with van der Waals surface area (Å²) < 4.78 is 60.9. The van der Waals surface area contributed by atoms with Crippen LogP contribution < -0.4 is 0 Å². The highest BCUT2D eigenvalue weighted by Gasteiger charge is 2.29. The smallest absolute Gasteiger partial charge is 0.463 e. The Balaban J connectivity index is 4.50. The fraction of sp³-hybridized carbons (Fsp3) is 0.727. The van der Waals surface area contributed by atoms with E-state index in [0.717, 1.165) is 135 Å². The topological polar surface area (TPSA) is 231 Å². The van der Waals surface area contributed by atoms with Crippen molar-refractivity contribution in [2.75, 3.05) is 39.6 Å². The minimum Gasteiger partial charge on any atom is -0.463 e. The number of unbranched alkanes of at least 4 members (excludes halogenated alkanes) is 29. The summed E-state index contributed by atoms with van der Waals surface area (Å²) in [6.45, 7) is 2.51. The van der Waals surface area contributed by atoms with Crippen molar-refractivity contribution in [1.82, 2.24) is 0 Å². The number of carbonyl (C=O) groups is 3. The van der Waals surface area contributed by atoms with E-state index in [1.807, 2.05) is 0 Å². The molecular formula is C77H134O16P2. The van der Waals surface area contributed by atoms with Gasteiger partial charge in [-0.15, -0.1) is 0 Å². The summed E-state index contributed by atoms with van der Waals surface area (Å²) in [5.74, 6) is -1.59. The van der Waals surface area contributed by atoms with E-state index in [0.29, 0.717) is 19.3 Å². The van der Waals surface area contributed by atoms with Crippen LogP contribution >= 0.6 is 15.6 Å². The lowest BCUT2D eigenvalue weighted by molar-refractivity contribution is -0.161. The average molecular weight is 1380 g/mol. The van der Waals surface area contributed by atoms with Gasteiger partial charge in [0.15, 0.2) is 6.10 Å². The maximum atomic E-state index is 12.9. The zero-order chi connectivity index (χ0) is 69.5. The van der Waals surface area contributed by atoms with E-state index in [1.54, 1.807) is 0 Å². The van der Waals surface area contributed by atoms with E-state index in [9.17, 15) is 43.5 Å². The van der Waals surface area contributed by atoms with E-state index in [1.165, 1.54) is 109 Å². The third-order valence-electron chi connectivity index (χ3n) is 15.5. The average Bonchev–Trinajstić information content (AvgIpc) is 3.77. The van der Waals surface area contributed by atoms with Crippen LogP contribution in [-0.4, -0.2) is 95.9 Å². The summed E-state index contributed by atoms with van der Waals surface area (Å²) in [6, 6.07) is 0. The van der Waals surface area contributed by atoms with Crippen LogP contribution in [0.4, 0.5) is 0 Å². The zero-order valence-electron chi connectivity index (χ0n) is 59.6. The van der Waals surface area contributed by atoms with E-state index < -0.39 is 91.5 Å². The number of phosphoric acid groups is 2. The van der Waals surface area contributed by atoms with Crippen LogP contribution in [0.2, 0.25) is 0 Å². The van der Waals surface area contributed by atoms with Gasteiger partial charge in [0.2, 0.25) is 0 Å². The number of allylic oxidation sites excluding steroid dienone is 18. The van der Waals surface area contributed by atoms with Crippen LogP contribution in [0.15, 0.2) is 109 Å². The van der Waals surface area contributed by atoms with Crippen LogP contribution in [0.25, 0.3) is 0 Å². The molecule has 0 fully saturated rings. The van der Waals surface area contributed by atoms with Gasteiger partial charge in [-0.05, 0) is 109 Å². The predicted octanol–water partition coefficient (Wildman–Crippen LogP) is 21.2. The third-order valence-corrected chi connectivity index (χ3v) is 17.4. The molecule has 18 heteroatoms. The Hall–Kier alpha value is -3.79. The lowest BCUT2D eigenvalue weighted by Crippen LogP contribution is -2.30. The molecule has 0 bridgehead atoms. The van der Waals surface area contributed by atoms with E-state index in [-0.39, 0.29) is 19.3 Å². The van der Waals surface area contributed by atoms with Gasteiger partial charge in [-0.1, -0.05) is 284 Å². The molecule has 0 rings (SSSR count). The van der Waals surface area contributed by atoms with Gasteiger partial charge < -0.3 is 34.2 Å². The number of hydrogen-bond donors (Lipinski definition) is 4. The Bertz CT molecular complexity index is 2170. The van der Waals surface area contributed by atoms with Gasteiger partial charge in [0.05, 0.1) is 26.4 Å². The molecule has 0 amide bonds. The monoisotopic (exact) mass is 1380 g/mol. The van der Waals surface area contributed by atoms with Crippen LogP contribution in [-0.2, 0) is 55.8 Å². The Labute approximate surface area is 577 Å². The number of carbonyl (C=O) groups excluding carboxylic acids is 3. The summed E-state index contributed by atoms with van der Waals surface area (Å²) in [6.07, 6.45) is 80.0. The quantitative estimate of drug-likeness (QED) is 0.0146. The van der Waals surface area contributed by atoms with Crippen molar-refractivity contribution in [3.63, 3.8) is 0 Å². The molecule has 0 aromatic rings. The first-order chi connectivity index (χ1) is 46.2. The van der Waals surface area contributed by atoms with Gasteiger partial charge >= 0.3 is 33.6 Å². The fourth-order valence-electron chi connectivity index (χ4n) is 9.82. The molecule has 0 saturated heterocycles. The number of esters is 3. The van der Waals surface area contributed by atoms with Crippen molar-refractivity contribution in [2.24, 2.45) is 0 Å². The first-order valence-electron chi connectivity index (χ1n) is 37.2. The van der Waals surface area contributed by atoms with Crippen molar-refractivity contribution in [1.29, 1.82) is 0 Å². The molecule has 5 atom stereocenters. The fourth-order valence-corrected chi connectivity index (χ4v) is 11.4. The molecule has 0 aliphatic carbocycles. The van der Waals surface area contributed by atoms with Gasteiger partial charge in [-0.2, -0.15) is 0 Å². The Morgan fingerprint density at radius 2 is 0.558 bits per heavy atom. The van der Waals surface area contributed by atoms with Gasteiger partial charge in [0.1, 0.15) is 25.4 Å². The highest BCUT2D eigenvalue weighted by atomic mass is 31.2. The molecule has 5 unspecified atom stereocenters. The molecule has 0 radical (unpaired) electrons. The molecule has 0 aliphatic rings. The summed E-state index contributed by atoms with van der Waals surface area (Å²) in [5.41, 5.74) is 0. The van der Waals surface area contributed by atoms with Gasteiger partial charge in [0.25, 0.3) is 0 Å². The molecule has 4 N–H and O–H groups in total. The van der Waals surface area contributed by atoms with Crippen molar-refractivity contribution < 1.29 is 75.8 Å². The number of rotatable bonds is 70. The third kappa shape index (κ3) is 71.3. The summed E-state index contributed by atoms with van der Waals surface area (Å²) in [7, 11) is -9.78. The first-order valence-corrected chi connectivity index (χ1v) is 40.2. The molecule has 95 heavy (non-hydrogen) atoms. The lowest BCUT2D eigenvalue weighted by atomic mass is 10.0. The van der Waals surface area contributed by atoms with Crippen molar-refractivity contribution in [3.8, 4) is 0 Å². The van der Waals surface area contributed by atoms with E-state index in [4.69, 9.17) is 32.3 Å². The summed E-state index contributed by atoms with van der Waals surface area (Å²) in [4.78, 5) is 58.4. The van der Waals surface area contributed by atoms with Crippen LogP contribution in [0.5, 0.6) is 0 Å². The van der Waals surface area contributed by atoms with E-state index in [2.05, 4.69) is 130 Å². The molecule has 0 heterocycles. The second-order valence-electron chi connectivity index (χ2n) is 24.7. The highest BCUT2D eigenvalue weighted by Crippen LogP contribution is 2.45. The molecule has 0 aromatic carbocycles. The van der Waals surface area contributed by atoms with Crippen molar-refractivity contribution >= 4 is 33.6 Å². The summed E-state index contributed by atoms with van der Waals surface area (Å²) in [5, 5.41) is 20.6. The van der Waals surface area contributed by atoms with Gasteiger partial charge in [-0.25, -0.2) is 9.13 Å². The number of aliphatic hydroxyl groups excluding tert-OH is 2. The maximum absolute atomic E-state index is 12.9. The zero-order valence-corrected chi connectivity index (χ0v) is 61.4. The van der Waals surface area contributed by atoms with Crippen molar-refractivity contribution in [2.45, 2.75) is 322 Å². The Morgan fingerprint density at radius 1 is 0.305 bits per heavy atom. The van der Waals surface area contributed by atoms with Crippen LogP contribution in [0, 0.1) is 0 Å². The number of aliphatic hydroxyl groups is 2. The number of ether oxygens (including phenoxy) is 3. The normalized spacial score (nSPS) is 14.7. The minimum atomic E-state index is -4.93. The molecular weight excluding hydrogens is 1240 g/mol. The number of hydrogen-bond acceptors (Lipinski definition) is 14. The molecule has 0 aliphatic heterocycles. The van der Waals surface area contributed by atoms with Crippen molar-refractivity contribution in [3.05, 3.63) is 109 Å². The van der Waals surface area contributed by atoms with Gasteiger partial charge in [0, 0.05) is 19.3 Å². The largest absolute Gasteiger partial charge is 0.472 e. The van der Waals surface area contributed by atoms with Gasteiger partial charge in [-0.3, -0.25) is 32.5 Å². The molecule has 0 saturated carbocycles. The molecule has 0 spiro atoms. The predicted molar refractivity (Wildman–Crippen MR) is 390 cm³/mol. The molecule has 548 valence electrons. The Morgan fingerprint density at radius 3 is 0.905 bits per heavy atom. The second-order valence-corrected chi connectivity index (χ2v) is 27.6. The first kappa shape index (κ1) is 91.2. The minimum absolute atomic E-state index is 0.101. The van der Waals surface area contributed by atoms with Crippen LogP contribution in [0.3, 0.4) is 0 Å². The summed E-state index contributed by atoms with van der Waals surface area (Å²) >= 11 is 0. The standard InChI is InChI=1S/C77H134O16P2/c1-4-7-10-13-16-19-22-24-26-28-30-32-33-34-35-36-37-39-41-42-44-46-49-51-54-57-60-63-75(80)87-66-72(78)67-89-94(83,84)90-68-73(79)69-91-95(85,86)92-71-74(93-77(82)65-62-59-56-53-48-21-18-15-12-9-6-3)70-88-76(81)64-61-58-55-52-50-47-45-43-40-38-31-29-27-25-23-20-17-14-11-8-5-2/h8,11,16-17,19-20,24-27,30-32,34-35,38,43,45,72-74,78-79H,4-7,9-10,12-15,18,21-23,28-29,33,36-37,39-42,44,46-71H2,1-3H3,(H,83,84)(H,85,86)/b11-8-,19-16-,20-17-,26-24-,27-25-,32-30-,35-34-,38-31-,45-43-. The number of phosphoric ester groups is 2. The SMILES string of the molecule is CC/C=C\C/C=C\C/C=C\C/C=C\C/C=C\CCCCCCCC(=O)OCC(COP(=O)(O)OCC(O)COP(=O)(O)OCC(O)COC(=O)CCCCCCCCCCCCC/C=C\C/C=C\C/C=C\C/C=C\CCCCC)OC(=O)CCCCCCCCCCCCC.